The molecule has 0 radical (unpaired) electrons. The third-order valence-electron chi connectivity index (χ3n) is 15.6. The van der Waals surface area contributed by atoms with E-state index < -0.39 is 47.5 Å². The fourth-order valence-corrected chi connectivity index (χ4v) is 11.8. The molecule has 3 unspecified atom stereocenters. The summed E-state index contributed by atoms with van der Waals surface area (Å²) in [6, 6.07) is 6.07. The molecule has 2 aromatic heterocycles. The largest absolute Gasteiger partial charge is 0.453 e. The lowest BCUT2D eigenvalue weighted by atomic mass is 9.74. The molecule has 6 heterocycles. The van der Waals surface area contributed by atoms with E-state index in [-0.39, 0.29) is 79.4 Å². The number of carbonyl (C=O) groups excluding carboxylic acids is 4. The van der Waals surface area contributed by atoms with Crippen molar-refractivity contribution in [2.45, 2.75) is 135 Å². The first-order valence-electron chi connectivity index (χ1n) is 25.2. The number of anilines is 2. The number of rotatable bonds is 12. The number of hydrogen-bond donors (Lipinski definition) is 4. The first-order chi connectivity index (χ1) is 34.0. The average Bonchev–Trinajstić information content (AvgIpc) is 4.21. The maximum absolute atomic E-state index is 16.5. The molecule has 4 N–H and O–H groups in total. The number of amides is 4. The van der Waals surface area contributed by atoms with Crippen LogP contribution in [0.5, 0.6) is 0 Å². The fourth-order valence-electron chi connectivity index (χ4n) is 11.8. The van der Waals surface area contributed by atoms with Crippen LogP contribution in [0.4, 0.5) is 34.1 Å². The fraction of sp³-hybridized carbons (Fsp3) is 0.577. The van der Waals surface area contributed by atoms with E-state index in [2.05, 4.69) is 38.5 Å². The summed E-state index contributed by atoms with van der Waals surface area (Å²) < 4.78 is 56.8. The average molecular weight is 985 g/mol. The van der Waals surface area contributed by atoms with Gasteiger partial charge in [-0.15, -0.1) is 0 Å². The van der Waals surface area contributed by atoms with Crippen molar-refractivity contribution in [1.82, 2.24) is 40.4 Å². The van der Waals surface area contributed by atoms with Gasteiger partial charge >= 0.3 is 12.2 Å². The third-order valence-corrected chi connectivity index (χ3v) is 15.6. The molecule has 4 amide bonds. The van der Waals surface area contributed by atoms with E-state index >= 15 is 8.78 Å². The quantitative estimate of drug-likeness (QED) is 0.107. The lowest BCUT2D eigenvalue weighted by Crippen LogP contribution is -2.51. The van der Waals surface area contributed by atoms with Crippen molar-refractivity contribution in [3.05, 3.63) is 76.6 Å². The second-order valence-electron chi connectivity index (χ2n) is 20.9. The minimum absolute atomic E-state index is 0.142. The molecule has 9 rings (SSSR count). The number of methoxy groups -OCH3 is 2. The lowest BCUT2D eigenvalue weighted by Gasteiger charge is -2.43. The Kier molecular flexibility index (Phi) is 14.1. The summed E-state index contributed by atoms with van der Waals surface area (Å²) in [6.45, 7) is 11.1. The molecule has 4 aliphatic heterocycles. The molecule has 71 heavy (non-hydrogen) atoms. The zero-order valence-corrected chi connectivity index (χ0v) is 41.7. The van der Waals surface area contributed by atoms with E-state index in [0.29, 0.717) is 68.0 Å². The van der Waals surface area contributed by atoms with Crippen molar-refractivity contribution in [3.8, 4) is 0 Å². The number of hydrogen-bond acceptors (Lipinski definition) is 10. The number of aromatic nitrogens is 4. The van der Waals surface area contributed by atoms with E-state index in [1.807, 2.05) is 52.0 Å². The molecule has 0 saturated carbocycles. The Bertz CT molecular complexity index is 2660. The van der Waals surface area contributed by atoms with E-state index in [0.717, 1.165) is 35.3 Å². The van der Waals surface area contributed by atoms with Gasteiger partial charge in [-0.05, 0) is 99.1 Å². The van der Waals surface area contributed by atoms with Gasteiger partial charge in [0.25, 0.3) is 0 Å². The van der Waals surface area contributed by atoms with E-state index in [9.17, 15) is 23.6 Å². The van der Waals surface area contributed by atoms with Crippen molar-refractivity contribution in [2.24, 2.45) is 17.3 Å². The summed E-state index contributed by atoms with van der Waals surface area (Å²) in [6.07, 6.45) is 7.04. The van der Waals surface area contributed by atoms with E-state index in [4.69, 9.17) is 19.4 Å². The summed E-state index contributed by atoms with van der Waals surface area (Å²) >= 11 is 0. The van der Waals surface area contributed by atoms with Crippen molar-refractivity contribution < 1.29 is 41.8 Å². The zero-order chi connectivity index (χ0) is 50.5. The van der Waals surface area contributed by atoms with Gasteiger partial charge in [-0.3, -0.25) is 9.59 Å². The number of piperidine rings is 1. The molecule has 4 fully saturated rings. The van der Waals surface area contributed by atoms with Crippen molar-refractivity contribution >= 4 is 52.5 Å². The predicted octanol–water partition coefficient (Wildman–Crippen LogP) is 8.58. The number of aromatic amines is 2. The number of fused-ring (bicyclic) bond motifs is 2. The highest BCUT2D eigenvalue weighted by atomic mass is 19.1. The molecule has 7 atom stereocenters. The Morgan fingerprint density at radius 3 is 1.89 bits per heavy atom. The van der Waals surface area contributed by atoms with Gasteiger partial charge in [0.15, 0.2) is 11.6 Å². The summed E-state index contributed by atoms with van der Waals surface area (Å²) in [5, 5.41) is 5.42. The second-order valence-corrected chi connectivity index (χ2v) is 20.9. The number of carbonyl (C=O) groups is 4. The third kappa shape index (κ3) is 9.64. The van der Waals surface area contributed by atoms with Gasteiger partial charge in [0.05, 0.1) is 54.8 Å². The number of likely N-dealkylation sites (tertiary alicyclic amines) is 2. The molecule has 19 heteroatoms. The number of alkyl carbamates (subject to hydrolysis) is 2. The standard InChI is InChI=1S/C52H67F3N10O6/c1-28(2)43(60-50(68)70-6)48(66)63-20-8-10-40(63)46-56-35-13-12-30(24-37(35)58-46)39-14-15-42(65(39)32-25-33(54)45(34(55)26-32)62-22-17-31(53)18-23-62)52(5)19-16-36-38(27-52)59-47(57-36)41-11-9-21-64(41)49(67)44(29(3)4)61-51(69)71-7/h12-13,16,19,24-26,28-29,31,39-44H,8-11,14-15,17-18,20-23,27H2,1-7H3,(H,56,58)(H,57,59)(H,60,68)(H,61,69)/t39-,40+,41+,42-,43?,44?,52?/m1/s1. The predicted molar refractivity (Wildman–Crippen MR) is 262 cm³/mol. The van der Waals surface area contributed by atoms with Crippen LogP contribution in [0, 0.1) is 28.9 Å². The number of ether oxygens (including phenoxy) is 2. The van der Waals surface area contributed by atoms with Gasteiger partial charge in [0, 0.05) is 49.7 Å². The van der Waals surface area contributed by atoms with Crippen LogP contribution >= 0.6 is 0 Å². The Hall–Kier alpha value is -6.27. The van der Waals surface area contributed by atoms with Crippen LogP contribution in [0.3, 0.4) is 0 Å². The molecule has 0 spiro atoms. The van der Waals surface area contributed by atoms with Gasteiger partial charge in [0.2, 0.25) is 11.8 Å². The van der Waals surface area contributed by atoms with Gasteiger partial charge in [-0.1, -0.05) is 46.8 Å². The monoisotopic (exact) mass is 985 g/mol. The summed E-state index contributed by atoms with van der Waals surface area (Å²) in [7, 11) is 2.54. The molecule has 1 aliphatic carbocycles. The minimum atomic E-state index is -1.000. The van der Waals surface area contributed by atoms with Gasteiger partial charge in [-0.25, -0.2) is 32.7 Å². The molecule has 16 nitrogen and oxygen atoms in total. The minimum Gasteiger partial charge on any atom is -0.453 e. The number of imidazole rings is 2. The molecule has 4 saturated heterocycles. The van der Waals surface area contributed by atoms with Crippen LogP contribution < -0.4 is 20.4 Å². The zero-order valence-electron chi connectivity index (χ0n) is 41.7. The van der Waals surface area contributed by atoms with Crippen LogP contribution in [0.1, 0.15) is 133 Å². The highest BCUT2D eigenvalue weighted by Gasteiger charge is 2.47. The number of benzene rings is 2. The van der Waals surface area contributed by atoms with Crippen LogP contribution in [0.25, 0.3) is 17.1 Å². The van der Waals surface area contributed by atoms with Crippen molar-refractivity contribution in [3.63, 3.8) is 0 Å². The molecule has 2 aromatic carbocycles. The van der Waals surface area contributed by atoms with Crippen LogP contribution in [0.2, 0.25) is 0 Å². The van der Waals surface area contributed by atoms with Gasteiger partial charge < -0.3 is 49.7 Å². The number of nitrogens with one attached hydrogen (secondary N) is 4. The molecular weight excluding hydrogens is 918 g/mol. The SMILES string of the molecule is COC(=O)NC(C(=O)N1CCC[C@H]1c1nc2c([nH]1)C=CC(C)([C@H]1CC[C@H](c3ccc4[nH]c([C@@H]5CCCN5C(=O)C(NC(=O)OC)C(C)C)nc4c3)N1c1cc(F)c(N3CCC(F)CC3)c(F)c1)C2)C(C)C. The lowest BCUT2D eigenvalue weighted by molar-refractivity contribution is -0.136. The molecular formula is C52H67F3N10O6. The van der Waals surface area contributed by atoms with E-state index in [1.165, 1.54) is 26.4 Å². The van der Waals surface area contributed by atoms with Crippen LogP contribution in [-0.2, 0) is 25.5 Å². The summed E-state index contributed by atoms with van der Waals surface area (Å²) in [5.74, 6) is -0.861. The van der Waals surface area contributed by atoms with Gasteiger partial charge in [-0.2, -0.15) is 0 Å². The number of alkyl halides is 1. The Labute approximate surface area is 412 Å². The Morgan fingerprint density at radius 1 is 0.746 bits per heavy atom. The summed E-state index contributed by atoms with van der Waals surface area (Å²) in [5.41, 5.74) is 3.73. The Balaban J connectivity index is 1.02. The van der Waals surface area contributed by atoms with Crippen LogP contribution in [0.15, 0.2) is 36.4 Å². The van der Waals surface area contributed by atoms with E-state index in [1.54, 1.807) is 14.7 Å². The Morgan fingerprint density at radius 2 is 1.32 bits per heavy atom. The normalized spacial score (nSPS) is 24.5. The molecule has 382 valence electrons. The molecule has 0 bridgehead atoms. The number of halogens is 3. The molecule has 5 aliphatic rings. The maximum Gasteiger partial charge on any atom is 0.407 e. The highest BCUT2D eigenvalue weighted by molar-refractivity contribution is 5.87. The number of nitrogens with zero attached hydrogens (tertiary/aromatic N) is 6. The molecule has 4 aromatic rings. The van der Waals surface area contributed by atoms with Crippen molar-refractivity contribution in [1.29, 1.82) is 0 Å². The first kappa shape index (κ1) is 49.7. The van der Waals surface area contributed by atoms with Crippen molar-refractivity contribution in [2.75, 3.05) is 50.2 Å². The topological polar surface area (TPSA) is 181 Å². The highest BCUT2D eigenvalue weighted by Crippen LogP contribution is 2.51. The summed E-state index contributed by atoms with van der Waals surface area (Å²) in [4.78, 5) is 76.9. The second kappa shape index (κ2) is 20.1. The first-order valence-corrected chi connectivity index (χ1v) is 25.2. The smallest absolute Gasteiger partial charge is 0.407 e. The van der Waals surface area contributed by atoms with Gasteiger partial charge in [0.1, 0.15) is 35.6 Å². The van der Waals surface area contributed by atoms with Crippen LogP contribution in [-0.4, -0.2) is 118 Å². The maximum atomic E-state index is 16.5. The number of H-pyrrole nitrogens is 2.